The maximum atomic E-state index is 11.8. The van der Waals surface area contributed by atoms with Crippen molar-refractivity contribution in [2.24, 2.45) is 0 Å². The lowest BCUT2D eigenvalue weighted by Gasteiger charge is -2.19. The number of halogens is 1. The topological polar surface area (TPSA) is 45.5 Å². The average molecular weight is 295 g/mol. The Morgan fingerprint density at radius 2 is 1.94 bits per heavy atom. The molecule has 1 aromatic carbocycles. The SMILES string of the molecule is CN(NC(=O)c1ccc(Br)o1)c1ccccc1. The van der Waals surface area contributed by atoms with E-state index in [4.69, 9.17) is 4.42 Å². The summed E-state index contributed by atoms with van der Waals surface area (Å²) in [7, 11) is 1.77. The maximum absolute atomic E-state index is 11.8. The number of carbonyl (C=O) groups is 1. The lowest BCUT2D eigenvalue weighted by atomic mass is 10.3. The largest absolute Gasteiger partial charge is 0.444 e. The molecule has 2 aromatic rings. The fourth-order valence-electron chi connectivity index (χ4n) is 1.36. The molecule has 0 saturated heterocycles. The van der Waals surface area contributed by atoms with Crippen LogP contribution in [0.1, 0.15) is 10.6 Å². The predicted octanol–water partition coefficient (Wildman–Crippen LogP) is 2.82. The fourth-order valence-corrected chi connectivity index (χ4v) is 1.67. The number of hydrogen-bond acceptors (Lipinski definition) is 3. The molecule has 0 radical (unpaired) electrons. The van der Waals surface area contributed by atoms with Gasteiger partial charge in [-0.25, -0.2) is 0 Å². The first-order valence-electron chi connectivity index (χ1n) is 5.02. The number of furan rings is 1. The highest BCUT2D eigenvalue weighted by Gasteiger charge is 2.12. The molecule has 2 rings (SSSR count). The van der Waals surface area contributed by atoms with Crippen molar-refractivity contribution in [2.75, 3.05) is 12.1 Å². The quantitative estimate of drug-likeness (QED) is 0.886. The van der Waals surface area contributed by atoms with Gasteiger partial charge in [-0.05, 0) is 40.2 Å². The second-order valence-corrected chi connectivity index (χ2v) is 4.22. The van der Waals surface area contributed by atoms with E-state index in [0.717, 1.165) is 5.69 Å². The lowest BCUT2D eigenvalue weighted by Crippen LogP contribution is -2.39. The van der Waals surface area contributed by atoms with Gasteiger partial charge in [0.2, 0.25) is 0 Å². The standard InChI is InChI=1S/C12H11BrN2O2/c1-15(9-5-3-2-4-6-9)14-12(16)10-7-8-11(13)17-10/h2-8H,1H3,(H,14,16). The van der Waals surface area contributed by atoms with Crippen LogP contribution in [-0.4, -0.2) is 13.0 Å². The van der Waals surface area contributed by atoms with E-state index in [1.165, 1.54) is 0 Å². The van der Waals surface area contributed by atoms with Crippen molar-refractivity contribution >= 4 is 27.5 Å². The molecule has 1 amide bonds. The third kappa shape index (κ3) is 2.88. The van der Waals surface area contributed by atoms with E-state index >= 15 is 0 Å². The minimum absolute atomic E-state index is 0.264. The summed E-state index contributed by atoms with van der Waals surface area (Å²) in [4.78, 5) is 11.8. The Bertz CT molecular complexity index is 510. The average Bonchev–Trinajstić information content (AvgIpc) is 2.77. The highest BCUT2D eigenvalue weighted by atomic mass is 79.9. The molecule has 0 atom stereocenters. The van der Waals surface area contributed by atoms with Crippen LogP contribution in [0.15, 0.2) is 51.6 Å². The van der Waals surface area contributed by atoms with Crippen LogP contribution in [-0.2, 0) is 0 Å². The first-order chi connectivity index (χ1) is 8.16. The molecule has 0 saturated carbocycles. The van der Waals surface area contributed by atoms with Gasteiger partial charge in [-0.2, -0.15) is 0 Å². The molecule has 0 fully saturated rings. The van der Waals surface area contributed by atoms with Gasteiger partial charge in [-0.3, -0.25) is 15.2 Å². The Balaban J connectivity index is 2.04. The van der Waals surface area contributed by atoms with E-state index in [-0.39, 0.29) is 11.7 Å². The summed E-state index contributed by atoms with van der Waals surface area (Å²) in [6.45, 7) is 0. The Kier molecular flexibility index (Phi) is 3.49. The molecule has 1 N–H and O–H groups in total. The van der Waals surface area contributed by atoms with Crippen molar-refractivity contribution in [3.8, 4) is 0 Å². The van der Waals surface area contributed by atoms with Crippen molar-refractivity contribution in [2.45, 2.75) is 0 Å². The van der Waals surface area contributed by atoms with E-state index in [1.807, 2.05) is 30.3 Å². The minimum Gasteiger partial charge on any atom is -0.444 e. The van der Waals surface area contributed by atoms with E-state index in [9.17, 15) is 4.79 Å². The molecule has 1 heterocycles. The van der Waals surface area contributed by atoms with Crippen molar-refractivity contribution in [1.82, 2.24) is 5.43 Å². The van der Waals surface area contributed by atoms with Crippen LogP contribution in [0.4, 0.5) is 5.69 Å². The summed E-state index contributed by atoms with van der Waals surface area (Å²) in [6, 6.07) is 12.8. The van der Waals surface area contributed by atoms with Crippen LogP contribution in [0, 0.1) is 0 Å². The Morgan fingerprint density at radius 1 is 1.24 bits per heavy atom. The number of nitrogens with one attached hydrogen (secondary N) is 1. The molecule has 0 aliphatic carbocycles. The second kappa shape index (κ2) is 5.05. The van der Waals surface area contributed by atoms with Gasteiger partial charge >= 0.3 is 5.91 Å². The second-order valence-electron chi connectivity index (χ2n) is 3.44. The first kappa shape index (κ1) is 11.7. The van der Waals surface area contributed by atoms with Crippen LogP contribution >= 0.6 is 15.9 Å². The van der Waals surface area contributed by atoms with Gasteiger partial charge in [-0.1, -0.05) is 18.2 Å². The monoisotopic (exact) mass is 294 g/mol. The van der Waals surface area contributed by atoms with Crippen LogP contribution in [0.2, 0.25) is 0 Å². The Morgan fingerprint density at radius 3 is 2.53 bits per heavy atom. The van der Waals surface area contributed by atoms with Crippen LogP contribution in [0.25, 0.3) is 0 Å². The summed E-state index contributed by atoms with van der Waals surface area (Å²) in [5.41, 5.74) is 3.60. The first-order valence-corrected chi connectivity index (χ1v) is 5.81. The van der Waals surface area contributed by atoms with E-state index in [2.05, 4.69) is 21.4 Å². The highest BCUT2D eigenvalue weighted by molar-refractivity contribution is 9.10. The number of nitrogens with zero attached hydrogens (tertiary/aromatic N) is 1. The number of benzene rings is 1. The van der Waals surface area contributed by atoms with Gasteiger partial charge < -0.3 is 4.42 Å². The van der Waals surface area contributed by atoms with Gasteiger partial charge in [-0.15, -0.1) is 0 Å². The number of rotatable bonds is 3. The molecule has 0 aliphatic rings. The van der Waals surface area contributed by atoms with Crippen LogP contribution in [0.3, 0.4) is 0 Å². The third-order valence-corrected chi connectivity index (χ3v) is 2.64. The van der Waals surface area contributed by atoms with Crippen molar-refractivity contribution in [1.29, 1.82) is 0 Å². The van der Waals surface area contributed by atoms with Crippen molar-refractivity contribution < 1.29 is 9.21 Å². The summed E-state index contributed by atoms with van der Waals surface area (Å²) < 4.78 is 5.69. The van der Waals surface area contributed by atoms with Gasteiger partial charge in [0.25, 0.3) is 0 Å². The zero-order chi connectivity index (χ0) is 12.3. The molecule has 88 valence electrons. The van der Waals surface area contributed by atoms with Gasteiger partial charge in [0, 0.05) is 7.05 Å². The maximum Gasteiger partial charge on any atom is 0.305 e. The molecule has 1 aromatic heterocycles. The molecule has 17 heavy (non-hydrogen) atoms. The molecule has 0 aliphatic heterocycles. The minimum atomic E-state index is -0.290. The van der Waals surface area contributed by atoms with Crippen LogP contribution < -0.4 is 10.4 Å². The van der Waals surface area contributed by atoms with Crippen molar-refractivity contribution in [3.05, 3.63) is 52.9 Å². The molecule has 5 heteroatoms. The van der Waals surface area contributed by atoms with Gasteiger partial charge in [0.1, 0.15) is 0 Å². The number of para-hydroxylation sites is 1. The van der Waals surface area contributed by atoms with Crippen molar-refractivity contribution in [3.63, 3.8) is 0 Å². The summed E-state index contributed by atoms with van der Waals surface area (Å²) >= 11 is 3.15. The summed E-state index contributed by atoms with van der Waals surface area (Å²) in [6.07, 6.45) is 0. The van der Waals surface area contributed by atoms with E-state index in [1.54, 1.807) is 24.2 Å². The number of amides is 1. The lowest BCUT2D eigenvalue weighted by molar-refractivity contribution is 0.0922. The summed E-state index contributed by atoms with van der Waals surface area (Å²) in [5, 5.41) is 1.64. The normalized spacial score (nSPS) is 10.0. The molecular formula is C12H11BrN2O2. The molecule has 4 nitrogen and oxygen atoms in total. The predicted molar refractivity (Wildman–Crippen MR) is 68.7 cm³/mol. The number of anilines is 1. The smallest absolute Gasteiger partial charge is 0.305 e. The third-order valence-electron chi connectivity index (χ3n) is 2.21. The molecule has 0 bridgehead atoms. The zero-order valence-electron chi connectivity index (χ0n) is 9.18. The number of hydrogen-bond donors (Lipinski definition) is 1. The van der Waals surface area contributed by atoms with Gasteiger partial charge in [0.15, 0.2) is 10.4 Å². The zero-order valence-corrected chi connectivity index (χ0v) is 10.8. The Hall–Kier alpha value is -1.75. The van der Waals surface area contributed by atoms with E-state index < -0.39 is 0 Å². The fraction of sp³-hybridized carbons (Fsp3) is 0.0833. The Labute approximate surface area is 107 Å². The number of carbonyl (C=O) groups excluding carboxylic acids is 1. The van der Waals surface area contributed by atoms with Gasteiger partial charge in [0.05, 0.1) is 5.69 Å². The van der Waals surface area contributed by atoms with E-state index in [0.29, 0.717) is 4.67 Å². The molecular weight excluding hydrogens is 284 g/mol. The summed E-state index contributed by atoms with van der Waals surface area (Å²) in [5.74, 6) is -0.0262. The molecule has 0 unspecified atom stereocenters. The molecule has 0 spiro atoms. The highest BCUT2D eigenvalue weighted by Crippen LogP contribution is 2.14. The number of hydrazine groups is 1. The van der Waals surface area contributed by atoms with Crippen LogP contribution in [0.5, 0.6) is 0 Å².